The van der Waals surface area contributed by atoms with E-state index in [0.717, 1.165) is 18.8 Å². The molecule has 1 N–H and O–H groups in total. The summed E-state index contributed by atoms with van der Waals surface area (Å²) in [5, 5.41) is 2.74. The number of aromatic nitrogens is 1. The average molecular weight is 313 g/mol. The van der Waals surface area contributed by atoms with Gasteiger partial charge in [0.15, 0.2) is 0 Å². The summed E-state index contributed by atoms with van der Waals surface area (Å²) in [6.07, 6.45) is 6.55. The Bertz CT molecular complexity index is 664. The summed E-state index contributed by atoms with van der Waals surface area (Å²) in [6, 6.07) is 9.47. The van der Waals surface area contributed by atoms with Crippen LogP contribution >= 0.6 is 0 Å². The molecule has 1 aliphatic heterocycles. The Kier molecular flexibility index (Phi) is 4.86. The number of nitrogens with one attached hydrogen (secondary N) is 1. The van der Waals surface area contributed by atoms with Crippen molar-refractivity contribution in [2.75, 3.05) is 23.3 Å². The van der Waals surface area contributed by atoms with Gasteiger partial charge in [0.2, 0.25) is 0 Å². The van der Waals surface area contributed by atoms with Gasteiger partial charge in [0.05, 0.1) is 0 Å². The van der Waals surface area contributed by atoms with Gasteiger partial charge in [-0.15, -0.1) is 0 Å². The first-order chi connectivity index (χ1) is 11.2. The molecule has 4 nitrogen and oxygen atoms in total. The Balaban J connectivity index is 1.73. The maximum absolute atomic E-state index is 12.9. The number of amides is 1. The zero-order valence-corrected chi connectivity index (χ0v) is 13.0. The summed E-state index contributed by atoms with van der Waals surface area (Å²) < 4.78 is 12.9. The molecular formula is C18H20FN3O. The largest absolute Gasteiger partial charge is 0.371 e. The zero-order chi connectivity index (χ0) is 16.1. The third-order valence-corrected chi connectivity index (χ3v) is 4.05. The van der Waals surface area contributed by atoms with Gasteiger partial charge in [-0.3, -0.25) is 9.78 Å². The molecule has 1 amide bonds. The Morgan fingerprint density at radius 2 is 1.74 bits per heavy atom. The van der Waals surface area contributed by atoms with Crippen molar-refractivity contribution in [3.63, 3.8) is 0 Å². The molecule has 0 spiro atoms. The average Bonchev–Trinajstić information content (AvgIpc) is 2.86. The molecule has 1 aliphatic rings. The smallest absolute Gasteiger partial charge is 0.274 e. The molecule has 1 aromatic carbocycles. The predicted octanol–water partition coefficient (Wildman–Crippen LogP) is 3.85. The van der Waals surface area contributed by atoms with E-state index in [0.29, 0.717) is 11.4 Å². The molecule has 3 rings (SSSR count). The van der Waals surface area contributed by atoms with Crippen LogP contribution in [0.3, 0.4) is 0 Å². The highest BCUT2D eigenvalue weighted by Crippen LogP contribution is 2.20. The van der Waals surface area contributed by atoms with Gasteiger partial charge in [0.1, 0.15) is 11.5 Å². The number of carbonyl (C=O) groups is 1. The number of pyridine rings is 1. The number of hydrogen-bond acceptors (Lipinski definition) is 3. The number of carbonyl (C=O) groups excluding carboxylic acids is 1. The lowest BCUT2D eigenvalue weighted by Crippen LogP contribution is -2.24. The molecule has 23 heavy (non-hydrogen) atoms. The molecule has 0 saturated carbocycles. The molecule has 0 bridgehead atoms. The standard InChI is InChI=1S/C18H20FN3O/c19-14-5-7-15(8-6-14)21-18(23)17-13-16(9-10-20-17)22-11-3-1-2-4-12-22/h5-10,13H,1-4,11-12H2,(H,21,23). The van der Waals surface area contributed by atoms with Crippen LogP contribution < -0.4 is 10.2 Å². The topological polar surface area (TPSA) is 45.2 Å². The number of benzene rings is 1. The summed E-state index contributed by atoms with van der Waals surface area (Å²) >= 11 is 0. The predicted molar refractivity (Wildman–Crippen MR) is 89.3 cm³/mol. The fourth-order valence-corrected chi connectivity index (χ4v) is 2.80. The molecular weight excluding hydrogens is 293 g/mol. The monoisotopic (exact) mass is 313 g/mol. The van der Waals surface area contributed by atoms with E-state index in [9.17, 15) is 9.18 Å². The van der Waals surface area contributed by atoms with E-state index in [1.807, 2.05) is 12.1 Å². The first kappa shape index (κ1) is 15.5. The van der Waals surface area contributed by atoms with Crippen LogP contribution in [0.2, 0.25) is 0 Å². The lowest BCUT2D eigenvalue weighted by Gasteiger charge is -2.22. The van der Waals surface area contributed by atoms with Gasteiger partial charge in [-0.2, -0.15) is 0 Å². The lowest BCUT2D eigenvalue weighted by molar-refractivity contribution is 0.102. The first-order valence-corrected chi connectivity index (χ1v) is 8.00. The Morgan fingerprint density at radius 1 is 1.04 bits per heavy atom. The number of hydrogen-bond donors (Lipinski definition) is 1. The normalized spacial score (nSPS) is 15.1. The Hall–Kier alpha value is -2.43. The van der Waals surface area contributed by atoms with Gasteiger partial charge in [-0.05, 0) is 49.2 Å². The number of halogens is 1. The van der Waals surface area contributed by atoms with Gasteiger partial charge >= 0.3 is 0 Å². The summed E-state index contributed by atoms with van der Waals surface area (Å²) in [5.41, 5.74) is 1.96. The van der Waals surface area contributed by atoms with E-state index in [2.05, 4.69) is 15.2 Å². The third kappa shape index (κ3) is 4.06. The molecule has 0 radical (unpaired) electrons. The SMILES string of the molecule is O=C(Nc1ccc(F)cc1)c1cc(N2CCCCCC2)ccn1. The molecule has 1 saturated heterocycles. The summed E-state index contributed by atoms with van der Waals surface area (Å²) in [4.78, 5) is 18.8. The fraction of sp³-hybridized carbons (Fsp3) is 0.333. The zero-order valence-electron chi connectivity index (χ0n) is 13.0. The molecule has 2 heterocycles. The van der Waals surface area contributed by atoms with E-state index >= 15 is 0 Å². The van der Waals surface area contributed by atoms with Gasteiger partial charge in [-0.25, -0.2) is 4.39 Å². The van der Waals surface area contributed by atoms with Crippen molar-refractivity contribution >= 4 is 17.3 Å². The van der Waals surface area contributed by atoms with Crippen LogP contribution in [0.4, 0.5) is 15.8 Å². The van der Waals surface area contributed by atoms with E-state index in [-0.39, 0.29) is 11.7 Å². The molecule has 0 unspecified atom stereocenters. The number of anilines is 2. The van der Waals surface area contributed by atoms with Crippen molar-refractivity contribution < 1.29 is 9.18 Å². The van der Waals surface area contributed by atoms with Crippen molar-refractivity contribution in [1.82, 2.24) is 4.98 Å². The van der Waals surface area contributed by atoms with Crippen LogP contribution in [0.1, 0.15) is 36.2 Å². The minimum Gasteiger partial charge on any atom is -0.371 e. The van der Waals surface area contributed by atoms with Crippen LogP contribution in [0.5, 0.6) is 0 Å². The fourth-order valence-electron chi connectivity index (χ4n) is 2.80. The lowest BCUT2D eigenvalue weighted by atomic mass is 10.2. The quantitative estimate of drug-likeness (QED) is 0.936. The van der Waals surface area contributed by atoms with Crippen molar-refractivity contribution in [2.24, 2.45) is 0 Å². The van der Waals surface area contributed by atoms with E-state index < -0.39 is 0 Å². The third-order valence-electron chi connectivity index (χ3n) is 4.05. The van der Waals surface area contributed by atoms with Crippen LogP contribution in [0.25, 0.3) is 0 Å². The van der Waals surface area contributed by atoms with Crippen molar-refractivity contribution in [1.29, 1.82) is 0 Å². The van der Waals surface area contributed by atoms with Gasteiger partial charge in [0.25, 0.3) is 5.91 Å². The minimum atomic E-state index is -0.329. The number of nitrogens with zero attached hydrogens (tertiary/aromatic N) is 2. The maximum atomic E-state index is 12.9. The molecule has 1 aromatic heterocycles. The van der Waals surface area contributed by atoms with Crippen molar-refractivity contribution in [3.8, 4) is 0 Å². The maximum Gasteiger partial charge on any atom is 0.274 e. The van der Waals surface area contributed by atoms with E-state index in [1.54, 1.807) is 6.20 Å². The van der Waals surface area contributed by atoms with Gasteiger partial charge < -0.3 is 10.2 Å². The Morgan fingerprint density at radius 3 is 2.43 bits per heavy atom. The molecule has 0 atom stereocenters. The summed E-state index contributed by atoms with van der Waals surface area (Å²) in [7, 11) is 0. The van der Waals surface area contributed by atoms with Crippen LogP contribution in [-0.4, -0.2) is 24.0 Å². The van der Waals surface area contributed by atoms with Crippen LogP contribution in [0.15, 0.2) is 42.6 Å². The van der Waals surface area contributed by atoms with Crippen LogP contribution in [0, 0.1) is 5.82 Å². The van der Waals surface area contributed by atoms with E-state index in [4.69, 9.17) is 0 Å². The minimum absolute atomic E-state index is 0.284. The molecule has 0 aliphatic carbocycles. The second-order valence-electron chi connectivity index (χ2n) is 5.76. The summed E-state index contributed by atoms with van der Waals surface area (Å²) in [5.74, 6) is -0.613. The molecule has 5 heteroatoms. The highest BCUT2D eigenvalue weighted by molar-refractivity contribution is 6.03. The molecule has 2 aromatic rings. The molecule has 1 fully saturated rings. The highest BCUT2D eigenvalue weighted by Gasteiger charge is 2.13. The second kappa shape index (κ2) is 7.22. The number of rotatable bonds is 3. The Labute approximate surface area is 135 Å². The van der Waals surface area contributed by atoms with E-state index in [1.165, 1.54) is 49.9 Å². The first-order valence-electron chi connectivity index (χ1n) is 8.00. The van der Waals surface area contributed by atoms with Gasteiger partial charge in [0, 0.05) is 30.7 Å². The molecule has 120 valence electrons. The van der Waals surface area contributed by atoms with Crippen molar-refractivity contribution in [2.45, 2.75) is 25.7 Å². The van der Waals surface area contributed by atoms with Crippen molar-refractivity contribution in [3.05, 3.63) is 54.1 Å². The second-order valence-corrected chi connectivity index (χ2v) is 5.76. The van der Waals surface area contributed by atoms with Crippen LogP contribution in [-0.2, 0) is 0 Å². The van der Waals surface area contributed by atoms with Gasteiger partial charge in [-0.1, -0.05) is 12.8 Å². The highest BCUT2D eigenvalue weighted by atomic mass is 19.1. The summed E-state index contributed by atoms with van der Waals surface area (Å²) in [6.45, 7) is 2.03.